The lowest BCUT2D eigenvalue weighted by molar-refractivity contribution is 0.0859. The zero-order chi connectivity index (χ0) is 23.9. The number of halogens is 3. The first-order valence-electron chi connectivity index (χ1n) is 12.1. The number of ether oxygens (including phenoxy) is 1. The molecular formula is C29H32Cl3NO. The summed E-state index contributed by atoms with van der Waals surface area (Å²) in [4.78, 5) is 2.51. The highest BCUT2D eigenvalue weighted by Crippen LogP contribution is 2.31. The first-order chi connectivity index (χ1) is 16.5. The van der Waals surface area contributed by atoms with Crippen molar-refractivity contribution >= 4 is 34.8 Å². The smallest absolute Gasteiger partial charge is 0.0720 e. The van der Waals surface area contributed by atoms with Crippen LogP contribution in [0, 0.1) is 0 Å². The average molecular weight is 517 g/mol. The van der Waals surface area contributed by atoms with Crippen molar-refractivity contribution in [3.05, 3.63) is 92.4 Å². The van der Waals surface area contributed by atoms with Crippen LogP contribution in [0.3, 0.4) is 0 Å². The minimum absolute atomic E-state index is 0.375. The third kappa shape index (κ3) is 6.99. The maximum absolute atomic E-state index is 6.29. The van der Waals surface area contributed by atoms with E-state index in [0.29, 0.717) is 22.6 Å². The van der Waals surface area contributed by atoms with Gasteiger partial charge in [0.1, 0.15) is 0 Å². The van der Waals surface area contributed by atoms with E-state index in [1.807, 2.05) is 30.3 Å². The summed E-state index contributed by atoms with van der Waals surface area (Å²) in [6.45, 7) is 7.01. The van der Waals surface area contributed by atoms with Crippen LogP contribution in [0.4, 0.5) is 0 Å². The van der Waals surface area contributed by atoms with Crippen molar-refractivity contribution in [2.75, 3.05) is 26.2 Å². The van der Waals surface area contributed by atoms with E-state index >= 15 is 0 Å². The Balaban J connectivity index is 1.50. The third-order valence-electron chi connectivity index (χ3n) is 6.68. The SMILES string of the molecule is CC(Cc1ccc(-c2ccc(Cl)c(Cl)c2)cc1COCCN1CCCCC1)c1ccc(Cl)cc1. The van der Waals surface area contributed by atoms with E-state index in [0.717, 1.165) is 35.7 Å². The minimum atomic E-state index is 0.375. The van der Waals surface area contributed by atoms with E-state index < -0.39 is 0 Å². The van der Waals surface area contributed by atoms with Gasteiger partial charge in [0, 0.05) is 11.6 Å². The molecule has 0 bridgehead atoms. The van der Waals surface area contributed by atoms with Crippen LogP contribution in [0.1, 0.15) is 48.8 Å². The summed E-state index contributed by atoms with van der Waals surface area (Å²) in [5.41, 5.74) is 6.00. The third-order valence-corrected chi connectivity index (χ3v) is 7.67. The fourth-order valence-electron chi connectivity index (χ4n) is 4.61. The van der Waals surface area contributed by atoms with Crippen molar-refractivity contribution in [2.45, 2.75) is 45.1 Å². The van der Waals surface area contributed by atoms with E-state index in [-0.39, 0.29) is 0 Å². The second kappa shape index (κ2) is 12.4. The molecule has 1 aliphatic rings. The van der Waals surface area contributed by atoms with Gasteiger partial charge in [-0.15, -0.1) is 0 Å². The Morgan fingerprint density at radius 3 is 2.24 bits per heavy atom. The van der Waals surface area contributed by atoms with E-state index in [1.54, 1.807) is 0 Å². The molecular weight excluding hydrogens is 485 g/mol. The molecule has 0 amide bonds. The molecule has 1 saturated heterocycles. The molecule has 1 unspecified atom stereocenters. The van der Waals surface area contributed by atoms with E-state index in [9.17, 15) is 0 Å². The Kier molecular flexibility index (Phi) is 9.33. The zero-order valence-corrected chi connectivity index (χ0v) is 22.0. The summed E-state index contributed by atoms with van der Waals surface area (Å²) in [7, 11) is 0. The standard InChI is InChI=1S/C29H32Cl3NO/c1-21(22-7-10-27(30)11-8-22)17-23-5-6-24(25-9-12-28(31)29(32)19-25)18-26(23)20-34-16-15-33-13-3-2-4-14-33/h5-12,18-19,21H,2-4,13-17,20H2,1H3. The van der Waals surface area contributed by atoms with Gasteiger partial charge in [0.15, 0.2) is 0 Å². The maximum atomic E-state index is 6.29. The molecule has 1 fully saturated rings. The number of benzene rings is 3. The lowest BCUT2D eigenvalue weighted by Crippen LogP contribution is -2.32. The van der Waals surface area contributed by atoms with Gasteiger partial charge in [-0.25, -0.2) is 0 Å². The summed E-state index contributed by atoms with van der Waals surface area (Å²) in [6.07, 6.45) is 4.90. The van der Waals surface area contributed by atoms with Gasteiger partial charge in [-0.3, -0.25) is 0 Å². The van der Waals surface area contributed by atoms with Gasteiger partial charge >= 0.3 is 0 Å². The van der Waals surface area contributed by atoms with Crippen molar-refractivity contribution < 1.29 is 4.74 Å². The van der Waals surface area contributed by atoms with Crippen molar-refractivity contribution in [1.29, 1.82) is 0 Å². The van der Waals surface area contributed by atoms with Crippen LogP contribution in [-0.4, -0.2) is 31.1 Å². The monoisotopic (exact) mass is 515 g/mol. The van der Waals surface area contributed by atoms with Gasteiger partial charge in [-0.2, -0.15) is 0 Å². The fourth-order valence-corrected chi connectivity index (χ4v) is 5.04. The number of nitrogens with zero attached hydrogens (tertiary/aromatic N) is 1. The second-order valence-electron chi connectivity index (χ2n) is 9.22. The molecule has 3 aromatic carbocycles. The summed E-state index contributed by atoms with van der Waals surface area (Å²) in [6, 6.07) is 20.6. The Labute approximate surface area is 218 Å². The molecule has 2 nitrogen and oxygen atoms in total. The van der Waals surface area contributed by atoms with Crippen LogP contribution < -0.4 is 0 Å². The minimum Gasteiger partial charge on any atom is -0.375 e. The first-order valence-corrected chi connectivity index (χ1v) is 13.3. The molecule has 34 heavy (non-hydrogen) atoms. The maximum Gasteiger partial charge on any atom is 0.0720 e. The van der Waals surface area contributed by atoms with E-state index in [4.69, 9.17) is 39.5 Å². The molecule has 1 atom stereocenters. The molecule has 0 aliphatic carbocycles. The number of hydrogen-bond donors (Lipinski definition) is 0. The van der Waals surface area contributed by atoms with Gasteiger partial charge in [-0.05, 0) is 96.4 Å². The Morgan fingerprint density at radius 1 is 0.794 bits per heavy atom. The van der Waals surface area contributed by atoms with Crippen molar-refractivity contribution in [2.24, 2.45) is 0 Å². The van der Waals surface area contributed by atoms with Gasteiger partial charge in [-0.1, -0.05) is 78.5 Å². The van der Waals surface area contributed by atoms with Gasteiger partial charge < -0.3 is 9.64 Å². The summed E-state index contributed by atoms with van der Waals surface area (Å²) in [5, 5.41) is 1.91. The van der Waals surface area contributed by atoms with Crippen LogP contribution in [0.5, 0.6) is 0 Å². The van der Waals surface area contributed by atoms with Crippen molar-refractivity contribution in [1.82, 2.24) is 4.90 Å². The molecule has 5 heteroatoms. The lowest BCUT2D eigenvalue weighted by atomic mass is 9.90. The number of hydrogen-bond acceptors (Lipinski definition) is 2. The second-order valence-corrected chi connectivity index (χ2v) is 10.5. The van der Waals surface area contributed by atoms with Gasteiger partial charge in [0.05, 0.1) is 23.3 Å². The fraction of sp³-hybridized carbons (Fsp3) is 0.379. The molecule has 0 saturated carbocycles. The summed E-state index contributed by atoms with van der Waals surface area (Å²) >= 11 is 18.5. The van der Waals surface area contributed by atoms with Gasteiger partial charge in [0.2, 0.25) is 0 Å². The van der Waals surface area contributed by atoms with Crippen molar-refractivity contribution in [3.63, 3.8) is 0 Å². The highest BCUT2D eigenvalue weighted by molar-refractivity contribution is 6.42. The lowest BCUT2D eigenvalue weighted by Gasteiger charge is -2.26. The Hall–Kier alpha value is -1.55. The van der Waals surface area contributed by atoms with Crippen molar-refractivity contribution in [3.8, 4) is 11.1 Å². The van der Waals surface area contributed by atoms with Crippen LogP contribution in [0.25, 0.3) is 11.1 Å². The number of piperidine rings is 1. The molecule has 1 aliphatic heterocycles. The normalized spacial score (nSPS) is 15.4. The Bertz CT molecular complexity index is 1080. The molecule has 4 rings (SSSR count). The topological polar surface area (TPSA) is 12.5 Å². The quantitative estimate of drug-likeness (QED) is 0.264. The zero-order valence-electron chi connectivity index (χ0n) is 19.7. The predicted octanol–water partition coefficient (Wildman–Crippen LogP) is 8.66. The Morgan fingerprint density at radius 2 is 1.50 bits per heavy atom. The molecule has 0 radical (unpaired) electrons. The molecule has 180 valence electrons. The number of rotatable bonds is 9. The highest BCUT2D eigenvalue weighted by Gasteiger charge is 2.14. The van der Waals surface area contributed by atoms with E-state index in [1.165, 1.54) is 49.0 Å². The van der Waals surface area contributed by atoms with E-state index in [2.05, 4.69) is 42.2 Å². The largest absolute Gasteiger partial charge is 0.375 e. The number of likely N-dealkylation sites (tertiary alicyclic amines) is 1. The molecule has 0 aromatic heterocycles. The molecule has 0 N–H and O–H groups in total. The van der Waals surface area contributed by atoms with Crippen LogP contribution in [-0.2, 0) is 17.8 Å². The molecule has 0 spiro atoms. The molecule has 3 aromatic rings. The van der Waals surface area contributed by atoms with Crippen LogP contribution in [0.15, 0.2) is 60.7 Å². The first kappa shape index (κ1) is 25.5. The van der Waals surface area contributed by atoms with Gasteiger partial charge in [0.25, 0.3) is 0 Å². The highest BCUT2D eigenvalue weighted by atomic mass is 35.5. The molecule has 1 heterocycles. The summed E-state index contributed by atoms with van der Waals surface area (Å²) in [5.74, 6) is 0.375. The predicted molar refractivity (Wildman–Crippen MR) is 145 cm³/mol. The summed E-state index contributed by atoms with van der Waals surface area (Å²) < 4.78 is 6.19. The average Bonchev–Trinajstić information content (AvgIpc) is 2.85. The van der Waals surface area contributed by atoms with Crippen LogP contribution in [0.2, 0.25) is 15.1 Å². The van der Waals surface area contributed by atoms with Crippen LogP contribution >= 0.6 is 34.8 Å².